The number of anilines is 1. The molecule has 2 amide bonds. The fourth-order valence-electron chi connectivity index (χ4n) is 4.24. The molecular formula is C21H27N5O3S. The van der Waals surface area contributed by atoms with Gasteiger partial charge in [-0.05, 0) is 82.6 Å². The highest BCUT2D eigenvalue weighted by Gasteiger charge is 2.27. The molecule has 2 aromatic heterocycles. The van der Waals surface area contributed by atoms with Gasteiger partial charge in [-0.15, -0.1) is 4.36 Å². The van der Waals surface area contributed by atoms with Crippen LogP contribution in [0, 0.1) is 6.92 Å². The lowest BCUT2D eigenvalue weighted by atomic mass is 10.0. The average molecular weight is 430 g/mol. The van der Waals surface area contributed by atoms with Crippen LogP contribution in [0.1, 0.15) is 60.6 Å². The summed E-state index contributed by atoms with van der Waals surface area (Å²) in [5.74, 6) is 0. The first kappa shape index (κ1) is 20.9. The fourth-order valence-corrected chi connectivity index (χ4v) is 5.36. The average Bonchev–Trinajstić information content (AvgIpc) is 3.28. The van der Waals surface area contributed by atoms with Gasteiger partial charge in [0.05, 0.1) is 22.0 Å². The molecule has 2 heterocycles. The molecule has 0 aromatic carbocycles. The number of aliphatic hydroxyl groups is 1. The van der Waals surface area contributed by atoms with E-state index in [2.05, 4.69) is 14.7 Å². The summed E-state index contributed by atoms with van der Waals surface area (Å²) in [7, 11) is -3.50. The molecule has 4 N–H and O–H groups in total. The van der Waals surface area contributed by atoms with Crippen molar-refractivity contribution in [3.63, 3.8) is 0 Å². The van der Waals surface area contributed by atoms with E-state index >= 15 is 0 Å². The zero-order valence-electron chi connectivity index (χ0n) is 17.5. The van der Waals surface area contributed by atoms with Gasteiger partial charge in [0.15, 0.2) is 0 Å². The van der Waals surface area contributed by atoms with E-state index in [0.29, 0.717) is 11.4 Å². The topological polar surface area (TPSA) is 131 Å². The summed E-state index contributed by atoms with van der Waals surface area (Å²) >= 11 is 0. The molecule has 0 unspecified atom stereocenters. The second-order valence-corrected chi connectivity index (χ2v) is 10.2. The van der Waals surface area contributed by atoms with E-state index in [9.17, 15) is 14.1 Å². The van der Waals surface area contributed by atoms with Crippen molar-refractivity contribution in [3.8, 4) is 0 Å². The molecule has 8 nitrogen and oxygen atoms in total. The van der Waals surface area contributed by atoms with Gasteiger partial charge in [-0.3, -0.25) is 9.97 Å². The van der Waals surface area contributed by atoms with Crippen molar-refractivity contribution in [2.75, 3.05) is 5.32 Å². The maximum atomic E-state index is 13.1. The molecule has 4 rings (SSSR count). The number of hydrogen-bond donors (Lipinski definition) is 3. The third-order valence-corrected chi connectivity index (χ3v) is 7.18. The van der Waals surface area contributed by atoms with Gasteiger partial charge in [0.2, 0.25) is 0 Å². The van der Waals surface area contributed by atoms with Crippen molar-refractivity contribution < 1.29 is 14.1 Å². The van der Waals surface area contributed by atoms with Gasteiger partial charge >= 0.3 is 6.03 Å². The van der Waals surface area contributed by atoms with Gasteiger partial charge in [-0.2, -0.15) is 0 Å². The Hall–Kier alpha value is -2.36. The molecular weight excluding hydrogens is 402 g/mol. The maximum absolute atomic E-state index is 13.1. The molecule has 2 aliphatic rings. The first-order valence-electron chi connectivity index (χ1n) is 10.2. The number of nitrogens with zero attached hydrogens (tertiary/aromatic N) is 3. The Balaban J connectivity index is 1.67. The molecule has 2 aromatic rings. The number of nitrogens with one attached hydrogen (secondary N) is 1. The van der Waals surface area contributed by atoms with Crippen LogP contribution < -0.4 is 10.5 Å². The largest absolute Gasteiger partial charge is 0.384 e. The highest BCUT2D eigenvalue weighted by atomic mass is 32.2. The van der Waals surface area contributed by atoms with Crippen LogP contribution in [0.5, 0.6) is 0 Å². The summed E-state index contributed by atoms with van der Waals surface area (Å²) in [6.07, 6.45) is 5.58. The number of rotatable bonds is 3. The number of urea groups is 1. The molecule has 0 aliphatic heterocycles. The maximum Gasteiger partial charge on any atom is 0.354 e. The molecule has 0 saturated heterocycles. The lowest BCUT2D eigenvalue weighted by Gasteiger charge is -2.18. The molecule has 160 valence electrons. The van der Waals surface area contributed by atoms with Crippen molar-refractivity contribution in [2.24, 2.45) is 9.50 Å². The minimum Gasteiger partial charge on any atom is -0.384 e. The number of hydrogen-bond acceptors (Lipinski definition) is 5. The van der Waals surface area contributed by atoms with E-state index in [4.69, 9.17) is 10.1 Å². The smallest absolute Gasteiger partial charge is 0.354 e. The van der Waals surface area contributed by atoms with Gasteiger partial charge in [-0.1, -0.05) is 0 Å². The predicted octanol–water partition coefficient (Wildman–Crippen LogP) is 2.92. The number of aryl methyl sites for hydroxylation is 3. The Morgan fingerprint density at radius 2 is 1.73 bits per heavy atom. The molecule has 1 atom stereocenters. The lowest BCUT2D eigenvalue weighted by Crippen LogP contribution is -2.22. The van der Waals surface area contributed by atoms with E-state index < -0.39 is 21.5 Å². The summed E-state index contributed by atoms with van der Waals surface area (Å²) in [5, 5.41) is 18.9. The van der Waals surface area contributed by atoms with Gasteiger partial charge in [0.25, 0.3) is 0 Å². The Labute approximate surface area is 176 Å². The SMILES string of the molecule is Cc1nc(C(C)(C)O)ccc1[S@@](N)(=O)=NC(=O)Nc1c2c(nc3c1CCC3)CCC2. The zero-order chi connectivity index (χ0) is 21.7. The van der Waals surface area contributed by atoms with Crippen LogP contribution >= 0.6 is 0 Å². The zero-order valence-corrected chi connectivity index (χ0v) is 18.3. The second kappa shape index (κ2) is 7.40. The molecule has 0 spiro atoms. The molecule has 0 fully saturated rings. The third-order valence-electron chi connectivity index (χ3n) is 5.68. The summed E-state index contributed by atoms with van der Waals surface area (Å²) in [5.41, 5.74) is 4.64. The van der Waals surface area contributed by atoms with Gasteiger partial charge in [-0.25, -0.2) is 14.1 Å². The highest BCUT2D eigenvalue weighted by Crippen LogP contribution is 2.36. The van der Waals surface area contributed by atoms with Crippen LogP contribution in [-0.2, 0) is 41.2 Å². The van der Waals surface area contributed by atoms with E-state index in [1.807, 2.05) is 0 Å². The van der Waals surface area contributed by atoms with E-state index in [0.717, 1.165) is 66.7 Å². The number of carbonyl (C=O) groups excluding carboxylic acids is 1. The first-order chi connectivity index (χ1) is 14.1. The van der Waals surface area contributed by atoms with Crippen molar-refractivity contribution >= 4 is 21.6 Å². The van der Waals surface area contributed by atoms with Crippen LogP contribution in [-0.4, -0.2) is 25.3 Å². The molecule has 0 radical (unpaired) electrons. The second-order valence-electron chi connectivity index (χ2n) is 8.47. The van der Waals surface area contributed by atoms with Crippen molar-refractivity contribution in [2.45, 2.75) is 69.8 Å². The monoisotopic (exact) mass is 429 g/mol. The van der Waals surface area contributed by atoms with Crippen molar-refractivity contribution in [3.05, 3.63) is 46.0 Å². The number of fused-ring (bicyclic) bond motifs is 2. The Kier molecular flexibility index (Phi) is 5.16. The number of carbonyl (C=O) groups is 1. The normalized spacial score (nSPS) is 17.2. The lowest BCUT2D eigenvalue weighted by molar-refractivity contribution is 0.0735. The minimum absolute atomic E-state index is 0.177. The number of amides is 2. The molecule has 9 heteroatoms. The Morgan fingerprint density at radius 3 is 2.27 bits per heavy atom. The van der Waals surface area contributed by atoms with E-state index in [1.54, 1.807) is 26.8 Å². The Morgan fingerprint density at radius 1 is 1.13 bits per heavy atom. The molecule has 0 saturated carbocycles. The van der Waals surface area contributed by atoms with E-state index in [1.165, 1.54) is 6.07 Å². The first-order valence-corrected chi connectivity index (χ1v) is 11.7. The summed E-state index contributed by atoms with van der Waals surface area (Å²) in [6, 6.07) is 2.32. The van der Waals surface area contributed by atoms with Gasteiger partial charge < -0.3 is 10.4 Å². The van der Waals surface area contributed by atoms with E-state index in [-0.39, 0.29) is 4.90 Å². The quantitative estimate of drug-likeness (QED) is 0.690. The van der Waals surface area contributed by atoms with Crippen LogP contribution in [0.4, 0.5) is 10.5 Å². The van der Waals surface area contributed by atoms with Gasteiger partial charge in [0, 0.05) is 11.4 Å². The summed E-state index contributed by atoms with van der Waals surface area (Å²) in [6.45, 7) is 4.85. The fraction of sp³-hybridized carbons (Fsp3) is 0.476. The van der Waals surface area contributed by atoms with Crippen molar-refractivity contribution in [1.29, 1.82) is 0 Å². The Bertz CT molecular complexity index is 1130. The predicted molar refractivity (Wildman–Crippen MR) is 115 cm³/mol. The van der Waals surface area contributed by atoms with Crippen molar-refractivity contribution in [1.82, 2.24) is 9.97 Å². The standard InChI is InChI=1S/C21H27N5O3S/c1-12-17(10-11-18(23-12)21(2,3)28)30(22,29)26-20(27)25-19-13-6-4-8-15(13)24-16-9-5-7-14(16)19/h10-11,28H,4-9H2,1-3H3,(H3,22,24,25,26,27,29)/t30-/m0/s1. The summed E-state index contributed by atoms with van der Waals surface area (Å²) < 4.78 is 16.9. The van der Waals surface area contributed by atoms with Crippen LogP contribution in [0.2, 0.25) is 0 Å². The summed E-state index contributed by atoms with van der Waals surface area (Å²) in [4.78, 5) is 22.0. The van der Waals surface area contributed by atoms with Crippen LogP contribution in [0.15, 0.2) is 21.4 Å². The molecule has 0 bridgehead atoms. The highest BCUT2D eigenvalue weighted by molar-refractivity contribution is 7.91. The van der Waals surface area contributed by atoms with Crippen LogP contribution in [0.25, 0.3) is 0 Å². The minimum atomic E-state index is -3.50. The molecule has 2 aliphatic carbocycles. The van der Waals surface area contributed by atoms with Gasteiger partial charge in [0.1, 0.15) is 15.5 Å². The van der Waals surface area contributed by atoms with Crippen LogP contribution in [0.3, 0.4) is 0 Å². The number of aromatic nitrogens is 2. The molecule has 30 heavy (non-hydrogen) atoms. The third kappa shape index (κ3) is 3.84. The number of nitrogens with two attached hydrogens (primary N) is 1. The number of pyridine rings is 2.